The summed E-state index contributed by atoms with van der Waals surface area (Å²) in [4.78, 5) is 27.6. The number of hydrogen-bond donors (Lipinski definition) is 0. The fourth-order valence-corrected chi connectivity index (χ4v) is 6.40. The third-order valence-corrected chi connectivity index (χ3v) is 8.77. The third-order valence-electron chi connectivity index (χ3n) is 6.98. The van der Waals surface area contributed by atoms with Gasteiger partial charge in [0.15, 0.2) is 0 Å². The maximum atomic E-state index is 13.5. The van der Waals surface area contributed by atoms with Crippen molar-refractivity contribution >= 4 is 27.6 Å². The summed E-state index contributed by atoms with van der Waals surface area (Å²) in [5.41, 5.74) is 0.755. The standard InChI is InChI=1S/C25H30N2O6S/c1-26(21-10-6-7-11-23(21)32-2)34(30,31)19-14-12-17(13-15-19)24(28)27-20-9-5-4-8-18(20)16-22(27)25(29)33-3/h6-7,10-15,18,20,22H,4-5,8-9,16H2,1-3H3/t18-,20+,22+/m1/s1. The number of benzene rings is 2. The second-order valence-corrected chi connectivity index (χ2v) is 10.7. The summed E-state index contributed by atoms with van der Waals surface area (Å²) in [6, 6.07) is 12.1. The van der Waals surface area contributed by atoms with Crippen LogP contribution in [0.15, 0.2) is 53.4 Å². The van der Waals surface area contributed by atoms with Gasteiger partial charge in [0.05, 0.1) is 24.8 Å². The van der Waals surface area contributed by atoms with Crippen molar-refractivity contribution in [3.05, 3.63) is 54.1 Å². The molecule has 0 aromatic heterocycles. The molecule has 4 rings (SSSR count). The van der Waals surface area contributed by atoms with Crippen molar-refractivity contribution in [1.29, 1.82) is 0 Å². The molecule has 2 aromatic carbocycles. The fourth-order valence-electron chi connectivity index (χ4n) is 5.19. The van der Waals surface area contributed by atoms with Gasteiger partial charge in [0, 0.05) is 18.7 Å². The summed E-state index contributed by atoms with van der Waals surface area (Å²) in [6.07, 6.45) is 4.59. The van der Waals surface area contributed by atoms with Crippen LogP contribution in [0.2, 0.25) is 0 Å². The average molecular weight is 487 g/mol. The largest absolute Gasteiger partial charge is 0.495 e. The zero-order valence-corrected chi connectivity index (χ0v) is 20.5. The molecule has 182 valence electrons. The number of anilines is 1. The first-order valence-corrected chi connectivity index (χ1v) is 12.9. The Morgan fingerprint density at radius 2 is 1.68 bits per heavy atom. The number of esters is 1. The van der Waals surface area contributed by atoms with Crippen molar-refractivity contribution in [2.75, 3.05) is 25.6 Å². The molecule has 1 heterocycles. The molecule has 2 aromatic rings. The number of fused-ring (bicyclic) bond motifs is 1. The van der Waals surface area contributed by atoms with Gasteiger partial charge in [-0.15, -0.1) is 0 Å². The first kappa shape index (κ1) is 24.1. The molecular formula is C25H30N2O6S. The molecular weight excluding hydrogens is 456 g/mol. The summed E-state index contributed by atoms with van der Waals surface area (Å²) < 4.78 is 37.9. The molecule has 3 atom stereocenters. The van der Waals surface area contributed by atoms with E-state index in [0.717, 1.165) is 30.0 Å². The number of para-hydroxylation sites is 2. The van der Waals surface area contributed by atoms with Gasteiger partial charge in [-0.05, 0) is 61.6 Å². The van der Waals surface area contributed by atoms with Crippen molar-refractivity contribution in [2.45, 2.75) is 49.1 Å². The lowest BCUT2D eigenvalue weighted by molar-refractivity contribution is -0.145. The van der Waals surface area contributed by atoms with Gasteiger partial charge in [0.25, 0.3) is 15.9 Å². The van der Waals surface area contributed by atoms with E-state index in [-0.39, 0.29) is 22.8 Å². The van der Waals surface area contributed by atoms with Crippen molar-refractivity contribution in [3.8, 4) is 5.75 Å². The van der Waals surface area contributed by atoms with Crippen LogP contribution in [-0.4, -0.2) is 58.5 Å². The maximum absolute atomic E-state index is 13.5. The van der Waals surface area contributed by atoms with Crippen LogP contribution in [0.1, 0.15) is 42.5 Å². The van der Waals surface area contributed by atoms with Crippen LogP contribution in [0.4, 0.5) is 5.69 Å². The van der Waals surface area contributed by atoms with Gasteiger partial charge in [-0.3, -0.25) is 9.10 Å². The Hall–Kier alpha value is -3.07. The summed E-state index contributed by atoms with van der Waals surface area (Å²) in [6.45, 7) is 0. The molecule has 1 aliphatic carbocycles. The minimum absolute atomic E-state index is 0.00504. The number of nitrogens with zero attached hydrogens (tertiary/aromatic N) is 2. The smallest absolute Gasteiger partial charge is 0.328 e. The number of amides is 1. The number of likely N-dealkylation sites (tertiary alicyclic amines) is 1. The molecule has 1 aliphatic heterocycles. The van der Waals surface area contributed by atoms with Crippen LogP contribution < -0.4 is 9.04 Å². The molecule has 2 fully saturated rings. The zero-order valence-electron chi connectivity index (χ0n) is 19.6. The Morgan fingerprint density at radius 3 is 2.35 bits per heavy atom. The summed E-state index contributed by atoms with van der Waals surface area (Å²) >= 11 is 0. The lowest BCUT2D eigenvalue weighted by Crippen LogP contribution is -2.46. The van der Waals surface area contributed by atoms with E-state index in [4.69, 9.17) is 9.47 Å². The molecule has 34 heavy (non-hydrogen) atoms. The molecule has 0 radical (unpaired) electrons. The van der Waals surface area contributed by atoms with E-state index in [2.05, 4.69) is 0 Å². The van der Waals surface area contributed by atoms with Crippen molar-refractivity contribution in [2.24, 2.45) is 5.92 Å². The lowest BCUT2D eigenvalue weighted by atomic mass is 9.84. The highest BCUT2D eigenvalue weighted by molar-refractivity contribution is 7.92. The van der Waals surface area contributed by atoms with Crippen LogP contribution in [0, 0.1) is 5.92 Å². The van der Waals surface area contributed by atoms with Crippen LogP contribution in [-0.2, 0) is 19.6 Å². The van der Waals surface area contributed by atoms with Crippen LogP contribution in [0.3, 0.4) is 0 Å². The fraction of sp³-hybridized carbons (Fsp3) is 0.440. The first-order valence-electron chi connectivity index (χ1n) is 11.4. The van der Waals surface area contributed by atoms with Gasteiger partial charge in [-0.2, -0.15) is 0 Å². The number of ether oxygens (including phenoxy) is 2. The van der Waals surface area contributed by atoms with E-state index in [1.165, 1.54) is 45.5 Å². The molecule has 2 aliphatic rings. The van der Waals surface area contributed by atoms with Gasteiger partial charge in [0.1, 0.15) is 11.8 Å². The van der Waals surface area contributed by atoms with E-state index < -0.39 is 22.0 Å². The summed E-state index contributed by atoms with van der Waals surface area (Å²) in [5.74, 6) is 0.0495. The molecule has 0 bridgehead atoms. The quantitative estimate of drug-likeness (QED) is 0.581. The Kier molecular flexibility index (Phi) is 6.84. The predicted octanol–water partition coefficient (Wildman–Crippen LogP) is 3.47. The topological polar surface area (TPSA) is 93.2 Å². The highest BCUT2D eigenvalue weighted by Gasteiger charge is 2.48. The summed E-state index contributed by atoms with van der Waals surface area (Å²) in [7, 11) is 0.401. The van der Waals surface area contributed by atoms with Gasteiger partial charge in [0.2, 0.25) is 0 Å². The van der Waals surface area contributed by atoms with Crippen molar-refractivity contribution < 1.29 is 27.5 Å². The molecule has 0 spiro atoms. The highest BCUT2D eigenvalue weighted by atomic mass is 32.2. The van der Waals surface area contributed by atoms with E-state index in [1.807, 2.05) is 0 Å². The SMILES string of the molecule is COC(=O)[C@@H]1C[C@H]2CCCC[C@@H]2N1C(=O)c1ccc(S(=O)(=O)N(C)c2ccccc2OC)cc1. The lowest BCUT2D eigenvalue weighted by Gasteiger charge is -2.33. The molecule has 1 saturated carbocycles. The van der Waals surface area contributed by atoms with Crippen molar-refractivity contribution in [1.82, 2.24) is 4.90 Å². The second-order valence-electron chi connectivity index (χ2n) is 8.77. The highest BCUT2D eigenvalue weighted by Crippen LogP contribution is 2.41. The molecule has 1 saturated heterocycles. The van der Waals surface area contributed by atoms with Gasteiger partial charge in [-0.25, -0.2) is 13.2 Å². The van der Waals surface area contributed by atoms with Crippen LogP contribution in [0.25, 0.3) is 0 Å². The molecule has 0 unspecified atom stereocenters. The normalized spacial score (nSPS) is 22.1. The average Bonchev–Trinajstić information content (AvgIpc) is 3.27. The minimum Gasteiger partial charge on any atom is -0.495 e. The predicted molar refractivity (Wildman–Crippen MR) is 127 cm³/mol. The number of carbonyl (C=O) groups excluding carboxylic acids is 2. The maximum Gasteiger partial charge on any atom is 0.328 e. The number of sulfonamides is 1. The molecule has 9 heteroatoms. The molecule has 0 N–H and O–H groups in total. The monoisotopic (exact) mass is 486 g/mol. The molecule has 8 nitrogen and oxygen atoms in total. The van der Waals surface area contributed by atoms with Gasteiger partial charge < -0.3 is 14.4 Å². The van der Waals surface area contributed by atoms with Gasteiger partial charge in [-0.1, -0.05) is 25.0 Å². The third kappa shape index (κ3) is 4.24. The second kappa shape index (κ2) is 9.66. The minimum atomic E-state index is -3.88. The number of carbonyl (C=O) groups is 2. The van der Waals surface area contributed by atoms with Crippen LogP contribution >= 0.6 is 0 Å². The first-order chi connectivity index (χ1) is 16.3. The van der Waals surface area contributed by atoms with E-state index >= 15 is 0 Å². The zero-order chi connectivity index (χ0) is 24.5. The van der Waals surface area contributed by atoms with Crippen LogP contribution in [0.5, 0.6) is 5.75 Å². The Labute approximate surface area is 200 Å². The Bertz CT molecular complexity index is 1160. The Balaban J connectivity index is 1.60. The number of rotatable bonds is 6. The number of methoxy groups -OCH3 is 2. The van der Waals surface area contributed by atoms with E-state index in [1.54, 1.807) is 29.2 Å². The van der Waals surface area contributed by atoms with Gasteiger partial charge >= 0.3 is 5.97 Å². The van der Waals surface area contributed by atoms with Crippen molar-refractivity contribution in [3.63, 3.8) is 0 Å². The van der Waals surface area contributed by atoms with E-state index in [0.29, 0.717) is 23.4 Å². The molecule has 1 amide bonds. The Morgan fingerprint density at radius 1 is 1.00 bits per heavy atom. The summed E-state index contributed by atoms with van der Waals surface area (Å²) in [5, 5.41) is 0. The van der Waals surface area contributed by atoms with E-state index in [9.17, 15) is 18.0 Å². The number of hydrogen-bond acceptors (Lipinski definition) is 6.